The van der Waals surface area contributed by atoms with E-state index in [1.165, 1.54) is 11.1 Å². The molecule has 1 fully saturated rings. The van der Waals surface area contributed by atoms with E-state index in [0.29, 0.717) is 25.7 Å². The zero-order valence-electron chi connectivity index (χ0n) is 17.6. The zero-order valence-corrected chi connectivity index (χ0v) is 20.8. The summed E-state index contributed by atoms with van der Waals surface area (Å²) in [6, 6.07) is 8.25. The second-order valence-electron chi connectivity index (χ2n) is 7.14. The van der Waals surface area contributed by atoms with Crippen LogP contribution in [0.25, 0.3) is 0 Å². The molecule has 1 aliphatic heterocycles. The summed E-state index contributed by atoms with van der Waals surface area (Å²) in [6.07, 6.45) is 3.04. The first-order chi connectivity index (χ1) is 13.4. The Morgan fingerprint density at radius 1 is 1.31 bits per heavy atom. The van der Waals surface area contributed by atoms with Gasteiger partial charge in [0.2, 0.25) is 10.0 Å². The van der Waals surface area contributed by atoms with Crippen LogP contribution in [0.2, 0.25) is 0 Å². The van der Waals surface area contributed by atoms with Gasteiger partial charge in [0.15, 0.2) is 5.96 Å². The van der Waals surface area contributed by atoms with Crippen molar-refractivity contribution in [2.75, 3.05) is 32.0 Å². The lowest BCUT2D eigenvalue weighted by Crippen LogP contribution is -2.40. The Hall–Kier alpha value is -0.910. The molecule has 7 nitrogen and oxygen atoms in total. The van der Waals surface area contributed by atoms with Gasteiger partial charge in [-0.2, -0.15) is 0 Å². The van der Waals surface area contributed by atoms with Crippen molar-refractivity contribution in [3.8, 4) is 0 Å². The van der Waals surface area contributed by atoms with Crippen molar-refractivity contribution in [2.24, 2.45) is 4.99 Å². The number of ether oxygens (including phenoxy) is 1. The maximum atomic E-state index is 12.2. The van der Waals surface area contributed by atoms with E-state index in [9.17, 15) is 8.42 Å². The van der Waals surface area contributed by atoms with Gasteiger partial charge in [0.1, 0.15) is 0 Å². The molecule has 0 amide bonds. The highest BCUT2D eigenvalue weighted by molar-refractivity contribution is 14.0. The van der Waals surface area contributed by atoms with E-state index in [0.717, 1.165) is 19.3 Å². The number of halogens is 1. The number of sulfonamides is 1. The first-order valence-electron chi connectivity index (χ1n) is 10.1. The number of guanidine groups is 1. The lowest BCUT2D eigenvalue weighted by atomic mass is 10.0. The molecule has 0 saturated carbocycles. The Bertz CT molecular complexity index is 737. The third kappa shape index (κ3) is 9.63. The van der Waals surface area contributed by atoms with E-state index in [1.54, 1.807) is 0 Å². The van der Waals surface area contributed by atoms with Crippen molar-refractivity contribution >= 4 is 40.0 Å². The fraction of sp³-hybridized carbons (Fsp3) is 0.650. The average molecular weight is 538 g/mol. The van der Waals surface area contributed by atoms with Gasteiger partial charge in [0, 0.05) is 19.7 Å². The van der Waals surface area contributed by atoms with Crippen LogP contribution >= 0.6 is 24.0 Å². The lowest BCUT2D eigenvalue weighted by molar-refractivity contribution is 0.0200. The van der Waals surface area contributed by atoms with Gasteiger partial charge in [-0.15, -0.1) is 24.0 Å². The molecule has 1 aromatic rings. The molecule has 2 unspecified atom stereocenters. The number of nitrogens with zero attached hydrogens (tertiary/aromatic N) is 1. The van der Waals surface area contributed by atoms with Gasteiger partial charge in [0.05, 0.1) is 24.4 Å². The van der Waals surface area contributed by atoms with Crippen molar-refractivity contribution in [1.82, 2.24) is 15.4 Å². The minimum Gasteiger partial charge on any atom is -0.377 e. The topological polar surface area (TPSA) is 91.8 Å². The summed E-state index contributed by atoms with van der Waals surface area (Å²) in [4.78, 5) is 4.43. The van der Waals surface area contributed by atoms with E-state index in [4.69, 9.17) is 4.74 Å². The van der Waals surface area contributed by atoms with E-state index < -0.39 is 10.0 Å². The second-order valence-corrected chi connectivity index (χ2v) is 9.07. The minimum atomic E-state index is -3.37. The van der Waals surface area contributed by atoms with Crippen LogP contribution in [0.3, 0.4) is 0 Å². The predicted molar refractivity (Wildman–Crippen MR) is 130 cm³/mol. The molecule has 166 valence electrons. The van der Waals surface area contributed by atoms with E-state index in [2.05, 4.69) is 46.3 Å². The molecule has 1 heterocycles. The predicted octanol–water partition coefficient (Wildman–Crippen LogP) is 2.72. The number of aryl methyl sites for hydroxylation is 1. The highest BCUT2D eigenvalue weighted by atomic mass is 127. The zero-order chi connectivity index (χ0) is 20.4. The summed E-state index contributed by atoms with van der Waals surface area (Å²) in [7, 11) is -3.37. The number of hydrogen-bond acceptors (Lipinski definition) is 4. The molecular formula is C20H35IN4O3S. The van der Waals surface area contributed by atoms with Gasteiger partial charge in [-0.1, -0.05) is 24.3 Å². The molecule has 1 aromatic carbocycles. The molecule has 9 heteroatoms. The maximum absolute atomic E-state index is 12.2. The Balaban J connectivity index is 0.00000420. The maximum Gasteiger partial charge on any atom is 0.213 e. The molecule has 0 spiro atoms. The molecule has 3 N–H and O–H groups in total. The van der Waals surface area contributed by atoms with Gasteiger partial charge in [-0.05, 0) is 51.2 Å². The molecule has 1 saturated heterocycles. The molecular weight excluding hydrogens is 503 g/mol. The van der Waals surface area contributed by atoms with Crippen molar-refractivity contribution in [3.05, 3.63) is 35.4 Å². The Morgan fingerprint density at radius 2 is 2.07 bits per heavy atom. The van der Waals surface area contributed by atoms with Crippen LogP contribution in [0.4, 0.5) is 0 Å². The summed E-state index contributed by atoms with van der Waals surface area (Å²) in [6.45, 7) is 8.08. The Morgan fingerprint density at radius 3 is 2.72 bits per heavy atom. The van der Waals surface area contributed by atoms with Crippen molar-refractivity contribution in [1.29, 1.82) is 0 Å². The summed E-state index contributed by atoms with van der Waals surface area (Å²) in [5.41, 5.74) is 2.39. The van der Waals surface area contributed by atoms with Crippen LogP contribution in [0, 0.1) is 6.92 Å². The summed E-state index contributed by atoms with van der Waals surface area (Å²) < 4.78 is 32.7. The van der Waals surface area contributed by atoms with Crippen LogP contribution in [-0.4, -0.2) is 52.5 Å². The third-order valence-corrected chi connectivity index (χ3v) is 6.11. The van der Waals surface area contributed by atoms with Crippen molar-refractivity contribution < 1.29 is 13.2 Å². The number of rotatable bonds is 9. The number of aliphatic imine (C=N–C) groups is 1. The largest absolute Gasteiger partial charge is 0.377 e. The van der Waals surface area contributed by atoms with Gasteiger partial charge in [0.25, 0.3) is 0 Å². The normalized spacial score (nSPS) is 18.6. The van der Waals surface area contributed by atoms with Gasteiger partial charge < -0.3 is 15.4 Å². The lowest BCUT2D eigenvalue weighted by Gasteiger charge is -2.22. The molecule has 0 radical (unpaired) electrons. The van der Waals surface area contributed by atoms with Crippen molar-refractivity contribution in [3.63, 3.8) is 0 Å². The smallest absolute Gasteiger partial charge is 0.213 e. The fourth-order valence-corrected chi connectivity index (χ4v) is 4.13. The summed E-state index contributed by atoms with van der Waals surface area (Å²) in [5.74, 6) is 0.568. The number of benzene rings is 1. The Labute approximate surface area is 192 Å². The number of hydrogen-bond donors (Lipinski definition) is 3. The van der Waals surface area contributed by atoms with Crippen LogP contribution < -0.4 is 15.4 Å². The quantitative estimate of drug-likeness (QED) is 0.256. The van der Waals surface area contributed by atoms with Crippen molar-refractivity contribution in [2.45, 2.75) is 52.2 Å². The third-order valence-electron chi connectivity index (χ3n) is 4.79. The van der Waals surface area contributed by atoms with E-state index in [-0.39, 0.29) is 48.4 Å². The fourth-order valence-electron chi connectivity index (χ4n) is 3.21. The van der Waals surface area contributed by atoms with Gasteiger partial charge >= 0.3 is 0 Å². The molecule has 0 aromatic heterocycles. The SMILES string of the molecule is CCNC(=NCCS(=O)(=O)NCC1CCCCO1)NC(C)c1ccccc1C.I. The van der Waals surface area contributed by atoms with E-state index in [1.807, 2.05) is 19.1 Å². The van der Waals surface area contributed by atoms with E-state index >= 15 is 0 Å². The molecule has 29 heavy (non-hydrogen) atoms. The molecule has 0 bridgehead atoms. The first kappa shape index (κ1) is 26.1. The van der Waals surface area contributed by atoms with Crippen LogP contribution in [0.5, 0.6) is 0 Å². The molecule has 2 rings (SSSR count). The summed E-state index contributed by atoms with van der Waals surface area (Å²) in [5, 5.41) is 6.52. The monoisotopic (exact) mass is 538 g/mol. The van der Waals surface area contributed by atoms with Crippen LogP contribution in [0.15, 0.2) is 29.3 Å². The second kappa shape index (κ2) is 13.4. The summed E-state index contributed by atoms with van der Waals surface area (Å²) >= 11 is 0. The minimum absolute atomic E-state index is 0. The number of nitrogens with one attached hydrogen (secondary N) is 3. The molecule has 1 aliphatic rings. The molecule has 2 atom stereocenters. The van der Waals surface area contributed by atoms with Crippen LogP contribution in [0.1, 0.15) is 50.3 Å². The first-order valence-corrected chi connectivity index (χ1v) is 11.8. The van der Waals surface area contributed by atoms with Gasteiger partial charge in [-0.3, -0.25) is 4.99 Å². The Kier molecular flexibility index (Phi) is 12.1. The highest BCUT2D eigenvalue weighted by Crippen LogP contribution is 2.16. The average Bonchev–Trinajstić information content (AvgIpc) is 2.67. The van der Waals surface area contributed by atoms with Crippen LogP contribution in [-0.2, 0) is 14.8 Å². The highest BCUT2D eigenvalue weighted by Gasteiger charge is 2.17. The standard InChI is InChI=1S/C20H34N4O3S.HI/c1-4-21-20(24-17(3)19-11-6-5-9-16(19)2)22-12-14-28(25,26)23-15-18-10-7-8-13-27-18;/h5-6,9,11,17-18,23H,4,7-8,10,12-15H2,1-3H3,(H2,21,22,24);1H. The molecule has 0 aliphatic carbocycles. The van der Waals surface area contributed by atoms with Gasteiger partial charge in [-0.25, -0.2) is 13.1 Å².